The van der Waals surface area contributed by atoms with E-state index in [2.05, 4.69) is 16.4 Å². The first kappa shape index (κ1) is 17.3. The lowest BCUT2D eigenvalue weighted by Gasteiger charge is -2.31. The number of nitrogens with one attached hydrogen (secondary N) is 2. The van der Waals surface area contributed by atoms with Gasteiger partial charge in [-0.1, -0.05) is 12.1 Å². The Kier molecular flexibility index (Phi) is 4.97. The summed E-state index contributed by atoms with van der Waals surface area (Å²) in [5.74, 6) is -0.0535. The first-order chi connectivity index (χ1) is 12.0. The predicted octanol–water partition coefficient (Wildman–Crippen LogP) is 3.14. The van der Waals surface area contributed by atoms with Crippen molar-refractivity contribution in [3.05, 3.63) is 35.0 Å². The number of aromatic amines is 1. The van der Waals surface area contributed by atoms with Crippen molar-refractivity contribution in [1.82, 2.24) is 15.2 Å². The van der Waals surface area contributed by atoms with Gasteiger partial charge in [0.05, 0.1) is 12.2 Å². The van der Waals surface area contributed by atoms with Crippen molar-refractivity contribution < 1.29 is 14.3 Å². The number of ether oxygens (including phenoxy) is 1. The number of benzene rings is 1. The molecule has 0 atom stereocenters. The van der Waals surface area contributed by atoms with Gasteiger partial charge in [0.2, 0.25) is 0 Å². The Labute approximate surface area is 147 Å². The zero-order valence-corrected chi connectivity index (χ0v) is 15.0. The number of carbonyl (C=O) groups is 2. The van der Waals surface area contributed by atoms with Gasteiger partial charge in [-0.2, -0.15) is 0 Å². The molecular formula is C19H25N3O3. The molecule has 1 saturated heterocycles. The van der Waals surface area contributed by atoms with Gasteiger partial charge >= 0.3 is 6.09 Å². The van der Waals surface area contributed by atoms with Gasteiger partial charge in [-0.3, -0.25) is 4.79 Å². The van der Waals surface area contributed by atoms with Crippen molar-refractivity contribution in [3.63, 3.8) is 0 Å². The summed E-state index contributed by atoms with van der Waals surface area (Å²) in [6.07, 6.45) is 1.21. The number of likely N-dealkylation sites (tertiary alicyclic amines) is 1. The number of carbonyl (C=O) groups excluding carboxylic acids is 2. The van der Waals surface area contributed by atoms with Crippen LogP contribution in [0.15, 0.2) is 18.2 Å². The number of H-pyrrole nitrogens is 1. The van der Waals surface area contributed by atoms with Crippen LogP contribution in [0.4, 0.5) is 4.79 Å². The number of aromatic nitrogens is 1. The van der Waals surface area contributed by atoms with E-state index in [0.29, 0.717) is 25.3 Å². The lowest BCUT2D eigenvalue weighted by Crippen LogP contribution is -2.46. The second-order valence-corrected chi connectivity index (χ2v) is 6.61. The molecule has 2 aromatic rings. The van der Waals surface area contributed by atoms with Crippen LogP contribution in [0.3, 0.4) is 0 Å². The maximum Gasteiger partial charge on any atom is 0.409 e. The van der Waals surface area contributed by atoms with Crippen LogP contribution in [-0.2, 0) is 4.74 Å². The van der Waals surface area contributed by atoms with E-state index < -0.39 is 0 Å². The summed E-state index contributed by atoms with van der Waals surface area (Å²) in [5, 5.41) is 4.07. The molecule has 134 valence electrons. The van der Waals surface area contributed by atoms with E-state index in [4.69, 9.17) is 4.74 Å². The summed E-state index contributed by atoms with van der Waals surface area (Å²) in [6.45, 7) is 7.36. The first-order valence-corrected chi connectivity index (χ1v) is 8.81. The summed E-state index contributed by atoms with van der Waals surface area (Å²) >= 11 is 0. The van der Waals surface area contributed by atoms with Crippen LogP contribution < -0.4 is 5.32 Å². The van der Waals surface area contributed by atoms with Crippen LogP contribution in [0, 0.1) is 13.8 Å². The third-order valence-corrected chi connectivity index (χ3v) is 4.72. The number of aryl methyl sites for hydroxylation is 2. The minimum absolute atomic E-state index is 0.0535. The monoisotopic (exact) mass is 343 g/mol. The number of nitrogens with zero attached hydrogens (tertiary/aromatic N) is 1. The van der Waals surface area contributed by atoms with Crippen LogP contribution in [0.25, 0.3) is 10.9 Å². The summed E-state index contributed by atoms with van der Waals surface area (Å²) in [6, 6.07) is 6.14. The molecule has 2 N–H and O–H groups in total. The molecule has 1 aromatic carbocycles. The first-order valence-electron chi connectivity index (χ1n) is 8.81. The normalized spacial score (nSPS) is 15.4. The second kappa shape index (κ2) is 7.17. The average molecular weight is 343 g/mol. The van der Waals surface area contributed by atoms with Crippen LogP contribution >= 0.6 is 0 Å². The van der Waals surface area contributed by atoms with E-state index in [0.717, 1.165) is 35.0 Å². The molecule has 0 unspecified atom stereocenters. The SMILES string of the molecule is CCOC(=O)N1CCC(NC(=O)c2c(C)[nH]c3cc(C)ccc23)CC1. The molecule has 2 amide bonds. The highest BCUT2D eigenvalue weighted by Crippen LogP contribution is 2.23. The standard InChI is InChI=1S/C19H25N3O3/c1-4-25-19(24)22-9-7-14(8-10-22)21-18(23)17-13(3)20-16-11-12(2)5-6-15(16)17/h5-6,11,14,20H,4,7-10H2,1-3H3,(H,21,23). The lowest BCUT2D eigenvalue weighted by atomic mass is 10.0. The zero-order valence-electron chi connectivity index (χ0n) is 15.0. The van der Waals surface area contributed by atoms with Gasteiger partial charge < -0.3 is 19.9 Å². The fourth-order valence-corrected chi connectivity index (χ4v) is 3.42. The highest BCUT2D eigenvalue weighted by atomic mass is 16.6. The molecule has 1 aliphatic heterocycles. The third-order valence-electron chi connectivity index (χ3n) is 4.72. The molecule has 6 heteroatoms. The van der Waals surface area contributed by atoms with Gasteiger partial charge in [0.1, 0.15) is 0 Å². The van der Waals surface area contributed by atoms with Gasteiger partial charge in [-0.15, -0.1) is 0 Å². The van der Waals surface area contributed by atoms with Crippen molar-refractivity contribution in [2.45, 2.75) is 39.7 Å². The molecule has 6 nitrogen and oxygen atoms in total. The van der Waals surface area contributed by atoms with Crippen molar-refractivity contribution in [1.29, 1.82) is 0 Å². The molecule has 25 heavy (non-hydrogen) atoms. The van der Waals surface area contributed by atoms with E-state index in [1.54, 1.807) is 11.8 Å². The van der Waals surface area contributed by atoms with Crippen molar-refractivity contribution in [3.8, 4) is 0 Å². The van der Waals surface area contributed by atoms with Crippen molar-refractivity contribution in [2.24, 2.45) is 0 Å². The molecule has 1 fully saturated rings. The number of fused-ring (bicyclic) bond motifs is 1. The Hall–Kier alpha value is -2.50. The summed E-state index contributed by atoms with van der Waals surface area (Å²) in [4.78, 5) is 29.5. The van der Waals surface area contributed by atoms with E-state index in [-0.39, 0.29) is 18.0 Å². The largest absolute Gasteiger partial charge is 0.450 e. The minimum atomic E-state index is -0.268. The molecule has 0 aliphatic carbocycles. The maximum absolute atomic E-state index is 12.8. The highest BCUT2D eigenvalue weighted by Gasteiger charge is 2.26. The summed E-state index contributed by atoms with van der Waals surface area (Å²) in [7, 11) is 0. The maximum atomic E-state index is 12.8. The Balaban J connectivity index is 1.66. The molecule has 1 aromatic heterocycles. The van der Waals surface area contributed by atoms with Crippen LogP contribution in [0.1, 0.15) is 41.4 Å². The van der Waals surface area contributed by atoms with Crippen molar-refractivity contribution in [2.75, 3.05) is 19.7 Å². The molecule has 2 heterocycles. The molecule has 3 rings (SSSR count). The summed E-state index contributed by atoms with van der Waals surface area (Å²) < 4.78 is 5.03. The van der Waals surface area contributed by atoms with Crippen LogP contribution in [0.2, 0.25) is 0 Å². The number of hydrogen-bond acceptors (Lipinski definition) is 3. The fraction of sp³-hybridized carbons (Fsp3) is 0.474. The average Bonchev–Trinajstić information content (AvgIpc) is 2.90. The van der Waals surface area contributed by atoms with Gasteiger partial charge in [-0.05, 0) is 45.2 Å². The highest BCUT2D eigenvalue weighted by molar-refractivity contribution is 6.08. The zero-order chi connectivity index (χ0) is 18.0. The Morgan fingerprint density at radius 1 is 1.28 bits per heavy atom. The van der Waals surface area contributed by atoms with Gasteiger partial charge in [0, 0.05) is 35.7 Å². The minimum Gasteiger partial charge on any atom is -0.450 e. The van der Waals surface area contributed by atoms with Gasteiger partial charge in [0.25, 0.3) is 5.91 Å². The Morgan fingerprint density at radius 2 is 2.00 bits per heavy atom. The summed E-state index contributed by atoms with van der Waals surface area (Å²) in [5.41, 5.74) is 3.73. The quantitative estimate of drug-likeness (QED) is 0.899. The molecule has 0 bridgehead atoms. The third kappa shape index (κ3) is 3.62. The smallest absolute Gasteiger partial charge is 0.409 e. The Morgan fingerprint density at radius 3 is 2.68 bits per heavy atom. The predicted molar refractivity (Wildman–Crippen MR) is 96.9 cm³/mol. The van der Waals surface area contributed by atoms with Gasteiger partial charge in [0.15, 0.2) is 0 Å². The van der Waals surface area contributed by atoms with Crippen LogP contribution in [-0.4, -0.2) is 47.6 Å². The molecule has 0 spiro atoms. The number of rotatable bonds is 3. The molecule has 1 aliphatic rings. The van der Waals surface area contributed by atoms with E-state index in [9.17, 15) is 9.59 Å². The molecule has 0 radical (unpaired) electrons. The fourth-order valence-electron chi connectivity index (χ4n) is 3.42. The van der Waals surface area contributed by atoms with E-state index in [1.165, 1.54) is 0 Å². The number of piperidine rings is 1. The van der Waals surface area contributed by atoms with E-state index >= 15 is 0 Å². The molecular weight excluding hydrogens is 318 g/mol. The lowest BCUT2D eigenvalue weighted by molar-refractivity contribution is 0.0861. The Bertz CT molecular complexity index is 789. The number of hydrogen-bond donors (Lipinski definition) is 2. The second-order valence-electron chi connectivity index (χ2n) is 6.61. The van der Waals surface area contributed by atoms with Crippen molar-refractivity contribution >= 4 is 22.9 Å². The topological polar surface area (TPSA) is 74.4 Å². The molecule has 0 saturated carbocycles. The van der Waals surface area contributed by atoms with E-state index in [1.807, 2.05) is 26.0 Å². The van der Waals surface area contributed by atoms with Gasteiger partial charge in [-0.25, -0.2) is 4.79 Å². The number of amides is 2. The van der Waals surface area contributed by atoms with Crippen LogP contribution in [0.5, 0.6) is 0 Å².